The highest BCUT2D eigenvalue weighted by Gasteiger charge is 2.16. The Hall–Kier alpha value is -1.14. The van der Waals surface area contributed by atoms with Gasteiger partial charge in [0.2, 0.25) is 5.91 Å². The lowest BCUT2D eigenvalue weighted by Gasteiger charge is -1.93. The van der Waals surface area contributed by atoms with Crippen LogP contribution in [0.2, 0.25) is 0 Å². The molecule has 0 unspecified atom stereocenters. The molecule has 15 heavy (non-hydrogen) atoms. The maximum atomic E-state index is 10.9. The first-order valence-electron chi connectivity index (χ1n) is 4.34. The maximum Gasteiger partial charge on any atom is 0.236 e. The van der Waals surface area contributed by atoms with E-state index in [0.717, 1.165) is 10.6 Å². The van der Waals surface area contributed by atoms with E-state index in [4.69, 9.17) is 0 Å². The lowest BCUT2D eigenvalue weighted by atomic mass is 10.3. The summed E-state index contributed by atoms with van der Waals surface area (Å²) in [5, 5.41) is 13.2. The van der Waals surface area contributed by atoms with Crippen LogP contribution >= 0.6 is 23.1 Å². The van der Waals surface area contributed by atoms with Gasteiger partial charge in [0.25, 0.3) is 0 Å². The normalized spacial score (nSPS) is 19.7. The molecular formula is C9H9N3OS2. The standard InChI is InChI=1S/C9H9N3OS2/c1-6(7-3-2-4-14-7)11-12-9-10-8(13)5-15-9/h2-4H,5H2,1H3,(H,10,12,13)/b11-6-. The molecule has 0 spiro atoms. The van der Waals surface area contributed by atoms with Crippen LogP contribution in [0.3, 0.4) is 0 Å². The molecule has 4 nitrogen and oxygen atoms in total. The molecule has 0 radical (unpaired) electrons. The highest BCUT2D eigenvalue weighted by molar-refractivity contribution is 8.15. The van der Waals surface area contributed by atoms with E-state index in [9.17, 15) is 4.79 Å². The number of nitrogens with zero attached hydrogens (tertiary/aromatic N) is 2. The number of nitrogens with one attached hydrogen (secondary N) is 1. The molecule has 1 aromatic rings. The largest absolute Gasteiger partial charge is 0.303 e. The van der Waals surface area contributed by atoms with Gasteiger partial charge >= 0.3 is 0 Å². The van der Waals surface area contributed by atoms with Gasteiger partial charge in [-0.25, -0.2) is 0 Å². The smallest absolute Gasteiger partial charge is 0.236 e. The van der Waals surface area contributed by atoms with Gasteiger partial charge in [-0.15, -0.1) is 16.4 Å². The van der Waals surface area contributed by atoms with Gasteiger partial charge in [-0.3, -0.25) is 4.79 Å². The Morgan fingerprint density at radius 2 is 2.47 bits per heavy atom. The minimum Gasteiger partial charge on any atom is -0.303 e. The van der Waals surface area contributed by atoms with Crippen molar-refractivity contribution in [1.29, 1.82) is 0 Å². The zero-order valence-electron chi connectivity index (χ0n) is 8.06. The number of carbonyl (C=O) groups excluding carboxylic acids is 1. The second-order valence-electron chi connectivity index (χ2n) is 2.90. The number of amides is 1. The predicted molar refractivity (Wildman–Crippen MR) is 64.6 cm³/mol. The summed E-state index contributed by atoms with van der Waals surface area (Å²) in [6, 6.07) is 3.96. The van der Waals surface area contributed by atoms with Crippen LogP contribution in [0.25, 0.3) is 0 Å². The number of rotatable bonds is 2. The van der Waals surface area contributed by atoms with Gasteiger partial charge in [0.15, 0.2) is 5.17 Å². The third kappa shape index (κ3) is 2.66. The summed E-state index contributed by atoms with van der Waals surface area (Å²) in [7, 11) is 0. The summed E-state index contributed by atoms with van der Waals surface area (Å²) in [6.45, 7) is 1.90. The minimum atomic E-state index is -0.0114. The molecule has 2 rings (SSSR count). The zero-order valence-corrected chi connectivity index (χ0v) is 9.69. The third-order valence-electron chi connectivity index (χ3n) is 1.75. The van der Waals surface area contributed by atoms with Crippen LogP contribution < -0.4 is 5.32 Å². The molecular weight excluding hydrogens is 230 g/mol. The van der Waals surface area contributed by atoms with Gasteiger partial charge in [0.05, 0.1) is 16.3 Å². The van der Waals surface area contributed by atoms with Crippen LogP contribution in [0.1, 0.15) is 11.8 Å². The number of hydrogen-bond acceptors (Lipinski definition) is 5. The molecule has 1 amide bonds. The maximum absolute atomic E-state index is 10.9. The first-order chi connectivity index (χ1) is 7.25. The molecule has 78 valence electrons. The van der Waals surface area contributed by atoms with Crippen molar-refractivity contribution in [3.63, 3.8) is 0 Å². The molecule has 0 saturated carbocycles. The molecule has 1 aliphatic heterocycles. The number of thiophene rings is 1. The monoisotopic (exact) mass is 239 g/mol. The molecule has 1 N–H and O–H groups in total. The van der Waals surface area contributed by atoms with Crippen molar-refractivity contribution in [3.05, 3.63) is 22.4 Å². The van der Waals surface area contributed by atoms with Gasteiger partial charge in [-0.2, -0.15) is 5.10 Å². The van der Waals surface area contributed by atoms with Gasteiger partial charge in [-0.05, 0) is 18.4 Å². The quantitative estimate of drug-likeness (QED) is 0.630. The summed E-state index contributed by atoms with van der Waals surface area (Å²) in [4.78, 5) is 12.0. The first kappa shape index (κ1) is 10.4. The van der Waals surface area contributed by atoms with Crippen LogP contribution in [0.15, 0.2) is 27.7 Å². The summed E-state index contributed by atoms with van der Waals surface area (Å²) >= 11 is 3.00. The van der Waals surface area contributed by atoms with Crippen LogP contribution in [-0.4, -0.2) is 22.5 Å². The Bertz CT molecular complexity index is 423. The topological polar surface area (TPSA) is 53.8 Å². The van der Waals surface area contributed by atoms with Crippen LogP contribution in [0.4, 0.5) is 0 Å². The van der Waals surface area contributed by atoms with E-state index in [1.807, 2.05) is 24.4 Å². The van der Waals surface area contributed by atoms with Gasteiger partial charge in [0, 0.05) is 0 Å². The number of thioether (sulfide) groups is 1. The average Bonchev–Trinajstić information content (AvgIpc) is 2.84. The summed E-state index contributed by atoms with van der Waals surface area (Å²) in [5.41, 5.74) is 0.860. The van der Waals surface area contributed by atoms with E-state index < -0.39 is 0 Å². The molecule has 6 heteroatoms. The Morgan fingerprint density at radius 3 is 3.07 bits per heavy atom. The fraction of sp³-hybridized carbons (Fsp3) is 0.222. The summed E-state index contributed by atoms with van der Waals surface area (Å²) in [6.07, 6.45) is 0. The number of carbonyl (C=O) groups is 1. The summed E-state index contributed by atoms with van der Waals surface area (Å²) in [5.74, 6) is 0.426. The number of amidine groups is 1. The highest BCUT2D eigenvalue weighted by Crippen LogP contribution is 2.12. The first-order valence-corrected chi connectivity index (χ1v) is 6.21. The SMILES string of the molecule is C/C(=N/N=C1NC(=O)CS1)c1cccs1. The average molecular weight is 239 g/mol. The molecule has 1 aliphatic rings. The van der Waals surface area contributed by atoms with Crippen molar-refractivity contribution in [2.24, 2.45) is 10.2 Å². The fourth-order valence-electron chi connectivity index (χ4n) is 1.03. The van der Waals surface area contributed by atoms with Gasteiger partial charge < -0.3 is 5.32 Å². The highest BCUT2D eigenvalue weighted by atomic mass is 32.2. The van der Waals surface area contributed by atoms with Crippen molar-refractivity contribution in [1.82, 2.24) is 5.32 Å². The van der Waals surface area contributed by atoms with Crippen molar-refractivity contribution in [3.8, 4) is 0 Å². The molecule has 0 aliphatic carbocycles. The lowest BCUT2D eigenvalue weighted by molar-refractivity contribution is -0.116. The van der Waals surface area contributed by atoms with E-state index in [0.29, 0.717) is 10.9 Å². The van der Waals surface area contributed by atoms with Crippen LogP contribution in [0, 0.1) is 0 Å². The number of hydrogen-bond donors (Lipinski definition) is 1. The molecule has 0 bridgehead atoms. The fourth-order valence-corrected chi connectivity index (χ4v) is 2.33. The Balaban J connectivity index is 2.08. The van der Waals surface area contributed by atoms with E-state index >= 15 is 0 Å². The molecule has 1 saturated heterocycles. The predicted octanol–water partition coefficient (Wildman–Crippen LogP) is 1.69. The molecule has 0 atom stereocenters. The Morgan fingerprint density at radius 1 is 1.60 bits per heavy atom. The molecule has 1 fully saturated rings. The van der Waals surface area contributed by atoms with Crippen molar-refractivity contribution in [2.75, 3.05) is 5.75 Å². The second-order valence-corrected chi connectivity index (χ2v) is 4.82. The van der Waals surface area contributed by atoms with E-state index in [1.165, 1.54) is 11.8 Å². The van der Waals surface area contributed by atoms with Crippen molar-refractivity contribution >= 4 is 39.9 Å². The lowest BCUT2D eigenvalue weighted by Crippen LogP contribution is -2.19. The summed E-state index contributed by atoms with van der Waals surface area (Å²) < 4.78 is 0. The minimum absolute atomic E-state index is 0.0114. The van der Waals surface area contributed by atoms with E-state index in [1.54, 1.807) is 11.3 Å². The molecule has 2 heterocycles. The van der Waals surface area contributed by atoms with Gasteiger partial charge in [-0.1, -0.05) is 17.8 Å². The third-order valence-corrected chi connectivity index (χ3v) is 3.60. The van der Waals surface area contributed by atoms with Gasteiger partial charge in [0.1, 0.15) is 0 Å². The zero-order chi connectivity index (χ0) is 10.7. The molecule has 0 aromatic carbocycles. The van der Waals surface area contributed by atoms with E-state index in [2.05, 4.69) is 15.5 Å². The molecule has 1 aromatic heterocycles. The van der Waals surface area contributed by atoms with Crippen LogP contribution in [0.5, 0.6) is 0 Å². The van der Waals surface area contributed by atoms with Crippen molar-refractivity contribution < 1.29 is 4.79 Å². The second kappa shape index (κ2) is 4.59. The van der Waals surface area contributed by atoms with E-state index in [-0.39, 0.29) is 5.91 Å². The Labute approximate surface area is 95.5 Å². The van der Waals surface area contributed by atoms with Crippen LogP contribution in [-0.2, 0) is 4.79 Å². The van der Waals surface area contributed by atoms with Crippen molar-refractivity contribution in [2.45, 2.75) is 6.92 Å². The Kier molecular flexibility index (Phi) is 3.17.